The summed E-state index contributed by atoms with van der Waals surface area (Å²) in [6, 6.07) is 2.64. The minimum absolute atomic E-state index is 0.0484. The van der Waals surface area contributed by atoms with Crippen LogP contribution in [0.15, 0.2) is 23.1 Å². The van der Waals surface area contributed by atoms with Crippen LogP contribution in [0.5, 0.6) is 0 Å². The number of hydrogen-bond acceptors (Lipinski definition) is 4. The first kappa shape index (κ1) is 16.7. The summed E-state index contributed by atoms with van der Waals surface area (Å²) < 4.78 is 27.3. The Morgan fingerprint density at radius 1 is 1.45 bits per heavy atom. The fraction of sp³-hybridized carbons (Fsp3) is 0.571. The highest BCUT2D eigenvalue weighted by Gasteiger charge is 2.27. The molecule has 7 nitrogen and oxygen atoms in total. The van der Waals surface area contributed by atoms with Gasteiger partial charge in [-0.15, -0.1) is 0 Å². The molecule has 1 N–H and O–H groups in total. The second-order valence-electron chi connectivity index (χ2n) is 5.65. The lowest BCUT2D eigenvalue weighted by atomic mass is 10.0. The van der Waals surface area contributed by atoms with Crippen molar-refractivity contribution in [2.45, 2.75) is 26.3 Å². The summed E-state index contributed by atoms with van der Waals surface area (Å²) in [6.45, 7) is 2.98. The van der Waals surface area contributed by atoms with Crippen molar-refractivity contribution in [2.24, 2.45) is 5.92 Å². The van der Waals surface area contributed by atoms with Gasteiger partial charge in [-0.1, -0.05) is 6.92 Å². The van der Waals surface area contributed by atoms with E-state index in [2.05, 4.69) is 0 Å². The highest BCUT2D eigenvalue weighted by Crippen LogP contribution is 2.18. The number of carboxylic acids is 1. The molecular weight excluding hydrogens is 308 g/mol. The molecule has 1 fully saturated rings. The standard InChI is InChI=1S/C14H20N2O5S/c1-11-4-2-7-16(10-11)22(20,21)9-8-15-6-3-5-12(13(15)17)14(18)19/h3,5-6,11H,2,4,7-10H2,1H3,(H,18,19). The lowest BCUT2D eigenvalue weighted by Crippen LogP contribution is -2.41. The van der Waals surface area contributed by atoms with Crippen LogP contribution in [0, 0.1) is 5.92 Å². The van der Waals surface area contributed by atoms with Gasteiger partial charge in [-0.3, -0.25) is 4.79 Å². The van der Waals surface area contributed by atoms with E-state index in [-0.39, 0.29) is 17.9 Å². The quantitative estimate of drug-likeness (QED) is 0.854. The normalized spacial score (nSPS) is 20.0. The van der Waals surface area contributed by atoms with E-state index < -0.39 is 21.6 Å². The topological polar surface area (TPSA) is 96.7 Å². The fourth-order valence-corrected chi connectivity index (χ4v) is 4.19. The number of carbonyl (C=O) groups is 1. The average molecular weight is 328 g/mol. The molecule has 0 radical (unpaired) electrons. The van der Waals surface area contributed by atoms with Crippen LogP contribution in [0.3, 0.4) is 0 Å². The lowest BCUT2D eigenvalue weighted by Gasteiger charge is -2.30. The van der Waals surface area contributed by atoms with E-state index in [1.165, 1.54) is 22.6 Å². The van der Waals surface area contributed by atoms with E-state index >= 15 is 0 Å². The maximum absolute atomic E-state index is 12.3. The molecule has 1 atom stereocenters. The second-order valence-corrected chi connectivity index (χ2v) is 7.74. The van der Waals surface area contributed by atoms with Crippen molar-refractivity contribution in [3.8, 4) is 0 Å². The minimum Gasteiger partial charge on any atom is -0.477 e. The third-order valence-corrected chi connectivity index (χ3v) is 5.67. The number of piperidine rings is 1. The Morgan fingerprint density at radius 3 is 2.82 bits per heavy atom. The number of nitrogens with zero attached hydrogens (tertiary/aromatic N) is 2. The minimum atomic E-state index is -3.44. The van der Waals surface area contributed by atoms with Crippen LogP contribution >= 0.6 is 0 Å². The molecule has 1 aromatic rings. The molecule has 1 unspecified atom stereocenters. The summed E-state index contributed by atoms with van der Waals surface area (Å²) in [6.07, 6.45) is 3.27. The summed E-state index contributed by atoms with van der Waals surface area (Å²) in [5.74, 6) is -1.18. The summed E-state index contributed by atoms with van der Waals surface area (Å²) in [4.78, 5) is 22.8. The first-order valence-corrected chi connectivity index (χ1v) is 8.83. The molecule has 8 heteroatoms. The summed E-state index contributed by atoms with van der Waals surface area (Å²) in [7, 11) is -3.44. The average Bonchev–Trinajstić information content (AvgIpc) is 2.46. The first-order valence-electron chi connectivity index (χ1n) is 7.22. The predicted octanol–water partition coefficient (Wildman–Crippen LogP) is 0.608. The third-order valence-electron chi connectivity index (χ3n) is 3.85. The number of aryl methyl sites for hydroxylation is 1. The summed E-state index contributed by atoms with van der Waals surface area (Å²) in [5, 5.41) is 8.91. The van der Waals surface area contributed by atoms with Gasteiger partial charge in [-0.25, -0.2) is 17.5 Å². The van der Waals surface area contributed by atoms with Gasteiger partial charge in [-0.05, 0) is 30.9 Å². The van der Waals surface area contributed by atoms with Gasteiger partial charge < -0.3 is 9.67 Å². The van der Waals surface area contributed by atoms with Gasteiger partial charge in [0.05, 0.1) is 5.75 Å². The molecule has 0 bridgehead atoms. The molecule has 22 heavy (non-hydrogen) atoms. The number of carboxylic acid groups (broad SMARTS) is 1. The van der Waals surface area contributed by atoms with Gasteiger partial charge in [0, 0.05) is 25.8 Å². The zero-order valence-electron chi connectivity index (χ0n) is 12.4. The van der Waals surface area contributed by atoms with Crippen molar-refractivity contribution in [3.63, 3.8) is 0 Å². The van der Waals surface area contributed by atoms with Crippen LogP contribution < -0.4 is 5.56 Å². The monoisotopic (exact) mass is 328 g/mol. The molecule has 122 valence electrons. The highest BCUT2D eigenvalue weighted by atomic mass is 32.2. The third kappa shape index (κ3) is 3.75. The van der Waals surface area contributed by atoms with Crippen LogP contribution in [0.1, 0.15) is 30.1 Å². The Hall–Kier alpha value is -1.67. The van der Waals surface area contributed by atoms with Gasteiger partial charge in [0.1, 0.15) is 5.56 Å². The molecule has 2 rings (SSSR count). The number of sulfonamides is 1. The Morgan fingerprint density at radius 2 is 2.18 bits per heavy atom. The smallest absolute Gasteiger partial charge is 0.341 e. The van der Waals surface area contributed by atoms with Gasteiger partial charge in [-0.2, -0.15) is 0 Å². The fourth-order valence-electron chi connectivity index (χ4n) is 2.62. The van der Waals surface area contributed by atoms with Crippen molar-refractivity contribution < 1.29 is 18.3 Å². The molecule has 0 amide bonds. The number of rotatable bonds is 5. The van der Waals surface area contributed by atoms with Crippen LogP contribution in [-0.4, -0.2) is 47.2 Å². The van der Waals surface area contributed by atoms with E-state index in [0.29, 0.717) is 19.0 Å². The van der Waals surface area contributed by atoms with Crippen LogP contribution in [0.4, 0.5) is 0 Å². The van der Waals surface area contributed by atoms with E-state index in [1.807, 2.05) is 6.92 Å². The van der Waals surface area contributed by atoms with Gasteiger partial charge in [0.15, 0.2) is 0 Å². The Bertz CT molecular complexity index is 710. The van der Waals surface area contributed by atoms with E-state index in [0.717, 1.165) is 17.4 Å². The number of hydrogen-bond donors (Lipinski definition) is 1. The summed E-state index contributed by atoms with van der Waals surface area (Å²) >= 11 is 0. The van der Waals surface area contributed by atoms with Crippen molar-refractivity contribution in [1.82, 2.24) is 8.87 Å². The molecular formula is C14H20N2O5S. The van der Waals surface area contributed by atoms with Crippen molar-refractivity contribution in [3.05, 3.63) is 34.2 Å². The van der Waals surface area contributed by atoms with E-state index in [4.69, 9.17) is 5.11 Å². The molecule has 1 aliphatic rings. The highest BCUT2D eigenvalue weighted by molar-refractivity contribution is 7.89. The van der Waals surface area contributed by atoms with E-state index in [1.54, 1.807) is 0 Å². The van der Waals surface area contributed by atoms with Crippen LogP contribution in [-0.2, 0) is 16.6 Å². The Balaban J connectivity index is 2.11. The van der Waals surface area contributed by atoms with Gasteiger partial charge in [0.25, 0.3) is 5.56 Å². The Labute approximate surface area is 129 Å². The lowest BCUT2D eigenvalue weighted by molar-refractivity contribution is 0.0694. The molecule has 0 aromatic carbocycles. The summed E-state index contributed by atoms with van der Waals surface area (Å²) in [5.41, 5.74) is -1.04. The maximum Gasteiger partial charge on any atom is 0.341 e. The van der Waals surface area contributed by atoms with E-state index in [9.17, 15) is 18.0 Å². The zero-order valence-corrected chi connectivity index (χ0v) is 13.3. The number of pyridine rings is 1. The van der Waals surface area contributed by atoms with Crippen LogP contribution in [0.2, 0.25) is 0 Å². The maximum atomic E-state index is 12.3. The largest absolute Gasteiger partial charge is 0.477 e. The zero-order chi connectivity index (χ0) is 16.3. The molecule has 1 saturated heterocycles. The van der Waals surface area contributed by atoms with Gasteiger partial charge in [0.2, 0.25) is 10.0 Å². The Kier molecular flexibility index (Phi) is 5.02. The number of aromatic carboxylic acids is 1. The van der Waals surface area contributed by atoms with Crippen molar-refractivity contribution in [1.29, 1.82) is 0 Å². The van der Waals surface area contributed by atoms with Crippen molar-refractivity contribution >= 4 is 16.0 Å². The molecule has 1 aliphatic heterocycles. The molecule has 0 spiro atoms. The van der Waals surface area contributed by atoms with Crippen molar-refractivity contribution in [2.75, 3.05) is 18.8 Å². The second kappa shape index (κ2) is 6.62. The molecule has 0 saturated carbocycles. The predicted molar refractivity (Wildman–Crippen MR) is 81.4 cm³/mol. The molecule has 2 heterocycles. The molecule has 1 aromatic heterocycles. The SMILES string of the molecule is CC1CCCN(S(=O)(=O)CCn2cccc(C(=O)O)c2=O)C1. The molecule has 0 aliphatic carbocycles. The first-order chi connectivity index (χ1) is 10.3. The van der Waals surface area contributed by atoms with Gasteiger partial charge >= 0.3 is 5.97 Å². The van der Waals surface area contributed by atoms with Crippen LogP contribution in [0.25, 0.3) is 0 Å². The number of aromatic nitrogens is 1.